The standard InChI is InChI=1S/C26H39NO2/c1-3-5-7-8-10-18-26(21-27)19-16-24(17-20-26)29-25(28)23-14-12-22(13-15-23)11-9-6-4-2/h12-15,24H,3-11,16-20H2,1-2H3. The molecule has 0 saturated heterocycles. The Labute approximate surface area is 177 Å². The molecule has 3 heteroatoms. The van der Waals surface area contributed by atoms with Gasteiger partial charge in [-0.3, -0.25) is 0 Å². The number of nitrogens with zero attached hydrogens (tertiary/aromatic N) is 1. The minimum atomic E-state index is -0.223. The van der Waals surface area contributed by atoms with Gasteiger partial charge in [0.15, 0.2) is 0 Å². The van der Waals surface area contributed by atoms with Crippen LogP contribution in [0.3, 0.4) is 0 Å². The molecule has 0 bridgehead atoms. The molecule has 0 aliphatic heterocycles. The summed E-state index contributed by atoms with van der Waals surface area (Å²) in [5.41, 5.74) is 1.72. The number of carbonyl (C=O) groups excluding carboxylic acids is 1. The van der Waals surface area contributed by atoms with Gasteiger partial charge in [-0.2, -0.15) is 5.26 Å². The van der Waals surface area contributed by atoms with E-state index >= 15 is 0 Å². The Hall–Kier alpha value is -1.82. The molecule has 1 aromatic rings. The first-order valence-electron chi connectivity index (χ1n) is 11.8. The summed E-state index contributed by atoms with van der Waals surface area (Å²) in [5, 5.41) is 9.74. The number of nitriles is 1. The molecule has 0 aromatic heterocycles. The van der Waals surface area contributed by atoms with Crippen LogP contribution < -0.4 is 0 Å². The molecule has 1 aromatic carbocycles. The third-order valence-corrected chi connectivity index (χ3v) is 6.42. The first kappa shape index (κ1) is 23.5. The highest BCUT2D eigenvalue weighted by Crippen LogP contribution is 2.41. The Morgan fingerprint density at radius 2 is 1.62 bits per heavy atom. The van der Waals surface area contributed by atoms with Crippen molar-refractivity contribution in [3.8, 4) is 6.07 Å². The van der Waals surface area contributed by atoms with E-state index in [4.69, 9.17) is 4.74 Å². The molecular weight excluding hydrogens is 358 g/mol. The van der Waals surface area contributed by atoms with Gasteiger partial charge in [0.25, 0.3) is 0 Å². The third kappa shape index (κ3) is 7.84. The average molecular weight is 398 g/mol. The number of hydrogen-bond acceptors (Lipinski definition) is 3. The molecule has 29 heavy (non-hydrogen) atoms. The van der Waals surface area contributed by atoms with E-state index < -0.39 is 0 Å². The first-order chi connectivity index (χ1) is 14.1. The first-order valence-corrected chi connectivity index (χ1v) is 11.8. The van der Waals surface area contributed by atoms with Crippen LogP contribution in [0.15, 0.2) is 24.3 Å². The summed E-state index contributed by atoms with van der Waals surface area (Å²) in [6, 6.07) is 10.5. The monoisotopic (exact) mass is 397 g/mol. The number of ether oxygens (including phenoxy) is 1. The Morgan fingerprint density at radius 3 is 2.24 bits per heavy atom. The second-order valence-electron chi connectivity index (χ2n) is 8.82. The molecule has 1 aliphatic rings. The number of benzene rings is 1. The summed E-state index contributed by atoms with van der Waals surface area (Å²) in [4.78, 5) is 12.5. The lowest BCUT2D eigenvalue weighted by atomic mass is 9.71. The summed E-state index contributed by atoms with van der Waals surface area (Å²) in [6.45, 7) is 4.43. The summed E-state index contributed by atoms with van der Waals surface area (Å²) in [5.74, 6) is -0.223. The van der Waals surface area contributed by atoms with E-state index in [9.17, 15) is 10.1 Å². The molecule has 0 atom stereocenters. The maximum Gasteiger partial charge on any atom is 0.338 e. The minimum Gasteiger partial charge on any atom is -0.459 e. The Morgan fingerprint density at radius 1 is 1.00 bits per heavy atom. The number of carbonyl (C=O) groups is 1. The predicted molar refractivity (Wildman–Crippen MR) is 119 cm³/mol. The SMILES string of the molecule is CCCCCCCC1(C#N)CCC(OC(=O)c2ccc(CCCCC)cc2)CC1. The topological polar surface area (TPSA) is 50.1 Å². The van der Waals surface area contributed by atoms with E-state index in [1.807, 2.05) is 24.3 Å². The van der Waals surface area contributed by atoms with Crippen molar-refractivity contribution in [2.24, 2.45) is 5.41 Å². The normalized spacial score (nSPS) is 21.5. The third-order valence-electron chi connectivity index (χ3n) is 6.42. The fourth-order valence-corrected chi connectivity index (χ4v) is 4.35. The lowest BCUT2D eigenvalue weighted by molar-refractivity contribution is 0.0105. The highest BCUT2D eigenvalue weighted by Gasteiger charge is 2.36. The predicted octanol–water partition coefficient (Wildman–Crippen LogP) is 7.39. The van der Waals surface area contributed by atoms with Gasteiger partial charge >= 0.3 is 5.97 Å². The van der Waals surface area contributed by atoms with Gasteiger partial charge in [0, 0.05) is 0 Å². The van der Waals surface area contributed by atoms with Gasteiger partial charge in [0.1, 0.15) is 6.10 Å². The lowest BCUT2D eigenvalue weighted by Crippen LogP contribution is -2.31. The average Bonchev–Trinajstić information content (AvgIpc) is 2.75. The molecule has 0 unspecified atom stereocenters. The maximum atomic E-state index is 12.5. The Balaban J connectivity index is 1.76. The summed E-state index contributed by atoms with van der Waals surface area (Å²) in [6.07, 6.45) is 15.2. The molecular formula is C26H39NO2. The van der Waals surface area contributed by atoms with Crippen LogP contribution in [0.5, 0.6) is 0 Å². The van der Waals surface area contributed by atoms with Crippen molar-refractivity contribution < 1.29 is 9.53 Å². The number of unbranched alkanes of at least 4 members (excludes halogenated alkanes) is 6. The number of hydrogen-bond donors (Lipinski definition) is 0. The molecule has 0 heterocycles. The van der Waals surface area contributed by atoms with Crippen molar-refractivity contribution in [3.63, 3.8) is 0 Å². The fourth-order valence-electron chi connectivity index (χ4n) is 4.35. The lowest BCUT2D eigenvalue weighted by Gasteiger charge is -2.34. The molecule has 0 spiro atoms. The van der Waals surface area contributed by atoms with Crippen LogP contribution in [0.4, 0.5) is 0 Å². The largest absolute Gasteiger partial charge is 0.459 e. The zero-order valence-electron chi connectivity index (χ0n) is 18.5. The Bertz CT molecular complexity index is 636. The van der Waals surface area contributed by atoms with Crippen molar-refractivity contribution in [1.29, 1.82) is 5.26 Å². The molecule has 160 valence electrons. The van der Waals surface area contributed by atoms with Gasteiger partial charge in [0.05, 0.1) is 17.0 Å². The molecule has 1 fully saturated rings. The number of rotatable bonds is 12. The van der Waals surface area contributed by atoms with Gasteiger partial charge in [-0.25, -0.2) is 4.79 Å². The second kappa shape index (κ2) is 12.7. The van der Waals surface area contributed by atoms with Crippen molar-refractivity contribution in [2.75, 3.05) is 0 Å². The van der Waals surface area contributed by atoms with E-state index in [1.54, 1.807) is 0 Å². The Kier molecular flexibility index (Phi) is 10.3. The van der Waals surface area contributed by atoms with Crippen LogP contribution in [0.2, 0.25) is 0 Å². The minimum absolute atomic E-state index is 0.0479. The van der Waals surface area contributed by atoms with Crippen LogP contribution in [0, 0.1) is 16.7 Å². The highest BCUT2D eigenvalue weighted by molar-refractivity contribution is 5.89. The zero-order valence-corrected chi connectivity index (χ0v) is 18.5. The van der Waals surface area contributed by atoms with Crippen molar-refractivity contribution in [2.45, 2.75) is 110 Å². The van der Waals surface area contributed by atoms with Gasteiger partial charge in [0.2, 0.25) is 0 Å². The number of aryl methyl sites for hydroxylation is 1. The van der Waals surface area contributed by atoms with Crippen LogP contribution in [-0.2, 0) is 11.2 Å². The van der Waals surface area contributed by atoms with Crippen LogP contribution in [-0.4, -0.2) is 12.1 Å². The van der Waals surface area contributed by atoms with Crippen LogP contribution in [0.1, 0.15) is 113 Å². The van der Waals surface area contributed by atoms with E-state index in [2.05, 4.69) is 19.9 Å². The summed E-state index contributed by atoms with van der Waals surface area (Å²) >= 11 is 0. The van der Waals surface area contributed by atoms with E-state index in [0.29, 0.717) is 5.56 Å². The van der Waals surface area contributed by atoms with Gasteiger partial charge in [-0.05, 0) is 62.6 Å². The maximum absolute atomic E-state index is 12.5. The van der Waals surface area contributed by atoms with Crippen molar-refractivity contribution in [1.82, 2.24) is 0 Å². The smallest absolute Gasteiger partial charge is 0.338 e. The van der Waals surface area contributed by atoms with Gasteiger partial charge < -0.3 is 4.74 Å². The van der Waals surface area contributed by atoms with E-state index in [-0.39, 0.29) is 17.5 Å². The highest BCUT2D eigenvalue weighted by atomic mass is 16.5. The second-order valence-corrected chi connectivity index (χ2v) is 8.82. The van der Waals surface area contributed by atoms with Gasteiger partial charge in [-0.1, -0.05) is 70.9 Å². The van der Waals surface area contributed by atoms with Gasteiger partial charge in [-0.15, -0.1) is 0 Å². The van der Waals surface area contributed by atoms with Crippen LogP contribution in [0.25, 0.3) is 0 Å². The summed E-state index contributed by atoms with van der Waals surface area (Å²) < 4.78 is 5.76. The number of esters is 1. The van der Waals surface area contributed by atoms with Crippen molar-refractivity contribution in [3.05, 3.63) is 35.4 Å². The molecule has 0 radical (unpaired) electrons. The molecule has 0 N–H and O–H groups in total. The fraction of sp³-hybridized carbons (Fsp3) is 0.692. The molecule has 1 aliphatic carbocycles. The summed E-state index contributed by atoms with van der Waals surface area (Å²) in [7, 11) is 0. The van der Waals surface area contributed by atoms with Crippen molar-refractivity contribution >= 4 is 5.97 Å². The molecule has 1 saturated carbocycles. The molecule has 0 amide bonds. The van der Waals surface area contributed by atoms with E-state index in [0.717, 1.165) is 44.9 Å². The zero-order chi connectivity index (χ0) is 21.0. The van der Waals surface area contributed by atoms with E-state index in [1.165, 1.54) is 50.5 Å². The van der Waals surface area contributed by atoms with Crippen LogP contribution >= 0.6 is 0 Å². The quantitative estimate of drug-likeness (QED) is 0.273. The molecule has 3 nitrogen and oxygen atoms in total. The molecule has 2 rings (SSSR count).